The lowest BCUT2D eigenvalue weighted by molar-refractivity contribution is -0.124. The van der Waals surface area contributed by atoms with Gasteiger partial charge in [-0.15, -0.1) is 0 Å². The summed E-state index contributed by atoms with van der Waals surface area (Å²) in [5.74, 6) is -0.264. The SMILES string of the molecule is CCCN(Cc1ccc(C#N)cc1)C(=O)c1cccc(NC(=O)C2CCCO2)c1. The molecule has 1 aliphatic heterocycles. The third-order valence-electron chi connectivity index (χ3n) is 4.84. The Balaban J connectivity index is 1.71. The van der Waals surface area contributed by atoms with Gasteiger partial charge < -0.3 is 15.0 Å². The Hall–Kier alpha value is -3.17. The summed E-state index contributed by atoms with van der Waals surface area (Å²) in [5.41, 5.74) is 2.67. The van der Waals surface area contributed by atoms with Crippen molar-refractivity contribution in [3.8, 4) is 6.07 Å². The second-order valence-corrected chi connectivity index (χ2v) is 7.11. The molecule has 6 heteroatoms. The number of benzene rings is 2. The molecule has 6 nitrogen and oxygen atoms in total. The van der Waals surface area contributed by atoms with E-state index in [1.54, 1.807) is 41.3 Å². The van der Waals surface area contributed by atoms with Gasteiger partial charge in [0.2, 0.25) is 0 Å². The molecule has 2 aromatic rings. The van der Waals surface area contributed by atoms with Gasteiger partial charge in [0.25, 0.3) is 11.8 Å². The van der Waals surface area contributed by atoms with Gasteiger partial charge in [0, 0.05) is 30.9 Å². The van der Waals surface area contributed by atoms with E-state index in [4.69, 9.17) is 10.00 Å². The summed E-state index contributed by atoms with van der Waals surface area (Å²) in [6.07, 6.45) is 2.02. The molecule has 1 aliphatic rings. The Kier molecular flexibility index (Phi) is 6.99. The topological polar surface area (TPSA) is 82.4 Å². The van der Waals surface area contributed by atoms with Crippen LogP contribution in [0.4, 0.5) is 5.69 Å². The van der Waals surface area contributed by atoms with Gasteiger partial charge in [0.1, 0.15) is 6.10 Å². The summed E-state index contributed by atoms with van der Waals surface area (Å²) >= 11 is 0. The maximum atomic E-state index is 13.1. The average molecular weight is 391 g/mol. The molecule has 0 radical (unpaired) electrons. The van der Waals surface area contributed by atoms with E-state index in [9.17, 15) is 9.59 Å². The van der Waals surface area contributed by atoms with Crippen LogP contribution in [0, 0.1) is 11.3 Å². The zero-order valence-electron chi connectivity index (χ0n) is 16.6. The van der Waals surface area contributed by atoms with E-state index in [1.165, 1.54) is 0 Å². The summed E-state index contributed by atoms with van der Waals surface area (Å²) in [4.78, 5) is 27.1. The summed E-state index contributed by atoms with van der Waals surface area (Å²) in [5, 5.41) is 11.8. The van der Waals surface area contributed by atoms with Gasteiger partial charge in [-0.1, -0.05) is 25.1 Å². The zero-order chi connectivity index (χ0) is 20.6. The van der Waals surface area contributed by atoms with Gasteiger partial charge in [-0.25, -0.2) is 0 Å². The van der Waals surface area contributed by atoms with Gasteiger partial charge in [-0.2, -0.15) is 5.26 Å². The fourth-order valence-corrected chi connectivity index (χ4v) is 3.35. The third kappa shape index (κ3) is 5.43. The predicted octanol–water partition coefficient (Wildman–Crippen LogP) is 3.73. The fraction of sp³-hybridized carbons (Fsp3) is 0.348. The standard InChI is InChI=1S/C23H25N3O3/c1-2-12-26(16-18-10-8-17(15-24)9-11-18)23(28)19-5-3-6-20(14-19)25-22(27)21-7-4-13-29-21/h3,5-6,8-11,14,21H,2,4,7,12-13,16H2,1H3,(H,25,27). The smallest absolute Gasteiger partial charge is 0.254 e. The number of nitriles is 1. The summed E-state index contributed by atoms with van der Waals surface area (Å²) in [6, 6.07) is 16.3. The minimum atomic E-state index is -0.415. The number of nitrogens with zero attached hydrogens (tertiary/aromatic N) is 2. The van der Waals surface area contributed by atoms with E-state index in [1.807, 2.05) is 19.1 Å². The maximum absolute atomic E-state index is 13.1. The molecule has 2 aromatic carbocycles. The number of anilines is 1. The van der Waals surface area contributed by atoms with Crippen molar-refractivity contribution < 1.29 is 14.3 Å². The second-order valence-electron chi connectivity index (χ2n) is 7.11. The van der Waals surface area contributed by atoms with Crippen molar-refractivity contribution in [1.82, 2.24) is 4.90 Å². The average Bonchev–Trinajstić information content (AvgIpc) is 3.29. The second kappa shape index (κ2) is 9.85. The molecule has 1 unspecified atom stereocenters. The zero-order valence-corrected chi connectivity index (χ0v) is 16.6. The highest BCUT2D eigenvalue weighted by molar-refractivity contribution is 5.98. The molecule has 29 heavy (non-hydrogen) atoms. The van der Waals surface area contributed by atoms with Crippen LogP contribution in [0.5, 0.6) is 0 Å². The molecule has 1 fully saturated rings. The van der Waals surface area contributed by atoms with Crippen LogP contribution < -0.4 is 5.32 Å². The number of carbonyl (C=O) groups excluding carboxylic acids is 2. The quantitative estimate of drug-likeness (QED) is 0.780. The maximum Gasteiger partial charge on any atom is 0.254 e. The lowest BCUT2D eigenvalue weighted by atomic mass is 10.1. The minimum Gasteiger partial charge on any atom is -0.368 e. The van der Waals surface area contributed by atoms with Crippen LogP contribution in [-0.2, 0) is 16.1 Å². The number of amides is 2. The van der Waals surface area contributed by atoms with Crippen LogP contribution in [0.2, 0.25) is 0 Å². The Bertz CT molecular complexity index is 896. The lowest BCUT2D eigenvalue weighted by Crippen LogP contribution is -2.31. The van der Waals surface area contributed by atoms with Crippen molar-refractivity contribution in [1.29, 1.82) is 5.26 Å². The normalized spacial score (nSPS) is 15.5. The molecular formula is C23H25N3O3. The first kappa shape index (κ1) is 20.6. The first-order valence-corrected chi connectivity index (χ1v) is 9.91. The van der Waals surface area contributed by atoms with E-state index in [0.29, 0.717) is 36.5 Å². The molecule has 1 saturated heterocycles. The Morgan fingerprint density at radius 2 is 2.03 bits per heavy atom. The summed E-state index contributed by atoms with van der Waals surface area (Å²) in [6.45, 7) is 3.71. The minimum absolute atomic E-state index is 0.0931. The number of ether oxygens (including phenoxy) is 1. The van der Waals surface area contributed by atoms with Crippen LogP contribution in [0.25, 0.3) is 0 Å². The van der Waals surface area contributed by atoms with Crippen molar-refractivity contribution in [3.63, 3.8) is 0 Å². The molecule has 0 aromatic heterocycles. The number of rotatable bonds is 7. The van der Waals surface area contributed by atoms with Crippen LogP contribution >= 0.6 is 0 Å². The van der Waals surface area contributed by atoms with Gasteiger partial charge in [-0.3, -0.25) is 9.59 Å². The Morgan fingerprint density at radius 3 is 2.69 bits per heavy atom. The van der Waals surface area contributed by atoms with E-state index in [2.05, 4.69) is 11.4 Å². The molecule has 0 saturated carbocycles. The molecule has 0 spiro atoms. The fourth-order valence-electron chi connectivity index (χ4n) is 3.35. The molecule has 0 bridgehead atoms. The van der Waals surface area contributed by atoms with E-state index >= 15 is 0 Å². The number of carbonyl (C=O) groups is 2. The van der Waals surface area contributed by atoms with Crippen LogP contribution in [-0.4, -0.2) is 36.0 Å². The molecule has 3 rings (SSSR count). The third-order valence-corrected chi connectivity index (χ3v) is 4.84. The first-order chi connectivity index (χ1) is 14.1. The molecule has 0 aliphatic carbocycles. The largest absolute Gasteiger partial charge is 0.368 e. The van der Waals surface area contributed by atoms with Crippen LogP contribution in [0.15, 0.2) is 48.5 Å². The van der Waals surface area contributed by atoms with Crippen molar-refractivity contribution in [2.24, 2.45) is 0 Å². The monoisotopic (exact) mass is 391 g/mol. The van der Waals surface area contributed by atoms with Crippen molar-refractivity contribution in [2.75, 3.05) is 18.5 Å². The summed E-state index contributed by atoms with van der Waals surface area (Å²) in [7, 11) is 0. The highest BCUT2D eigenvalue weighted by Gasteiger charge is 2.24. The molecule has 1 atom stereocenters. The molecule has 1 heterocycles. The van der Waals surface area contributed by atoms with E-state index in [0.717, 1.165) is 24.8 Å². The van der Waals surface area contributed by atoms with E-state index in [-0.39, 0.29) is 11.8 Å². The molecular weight excluding hydrogens is 366 g/mol. The van der Waals surface area contributed by atoms with Crippen molar-refractivity contribution in [2.45, 2.75) is 38.8 Å². The van der Waals surface area contributed by atoms with Gasteiger partial charge in [0.05, 0.1) is 11.6 Å². The number of nitrogens with one attached hydrogen (secondary N) is 1. The molecule has 1 N–H and O–H groups in total. The number of hydrogen-bond acceptors (Lipinski definition) is 4. The Morgan fingerprint density at radius 1 is 1.24 bits per heavy atom. The molecule has 150 valence electrons. The lowest BCUT2D eigenvalue weighted by Gasteiger charge is -2.23. The highest BCUT2D eigenvalue weighted by Crippen LogP contribution is 2.18. The van der Waals surface area contributed by atoms with Gasteiger partial charge in [0.15, 0.2) is 0 Å². The van der Waals surface area contributed by atoms with Crippen LogP contribution in [0.1, 0.15) is 47.7 Å². The van der Waals surface area contributed by atoms with Crippen molar-refractivity contribution in [3.05, 3.63) is 65.2 Å². The molecule has 2 amide bonds. The predicted molar refractivity (Wildman–Crippen MR) is 110 cm³/mol. The van der Waals surface area contributed by atoms with Crippen LogP contribution in [0.3, 0.4) is 0 Å². The van der Waals surface area contributed by atoms with Crippen molar-refractivity contribution >= 4 is 17.5 Å². The number of hydrogen-bond donors (Lipinski definition) is 1. The highest BCUT2D eigenvalue weighted by atomic mass is 16.5. The van der Waals surface area contributed by atoms with E-state index < -0.39 is 6.10 Å². The van der Waals surface area contributed by atoms with Gasteiger partial charge in [-0.05, 0) is 55.2 Å². The summed E-state index contributed by atoms with van der Waals surface area (Å²) < 4.78 is 5.41. The first-order valence-electron chi connectivity index (χ1n) is 9.91. The van der Waals surface area contributed by atoms with Gasteiger partial charge >= 0.3 is 0 Å². The Labute approximate surface area is 171 Å².